The predicted molar refractivity (Wildman–Crippen MR) is 82.3 cm³/mol. The molecular formula is C17H28N2. The molecule has 2 nitrogen and oxygen atoms in total. The van der Waals surface area contributed by atoms with E-state index >= 15 is 0 Å². The normalized spacial score (nSPS) is 21.3. The van der Waals surface area contributed by atoms with E-state index in [4.69, 9.17) is 5.73 Å². The Bertz CT molecular complexity index is 415. The van der Waals surface area contributed by atoms with Gasteiger partial charge in [-0.05, 0) is 58.7 Å². The second-order valence-electron chi connectivity index (χ2n) is 6.30. The lowest BCUT2D eigenvalue weighted by atomic mass is 9.83. The van der Waals surface area contributed by atoms with Crippen LogP contribution in [0.1, 0.15) is 55.8 Å². The highest BCUT2D eigenvalue weighted by Crippen LogP contribution is 2.35. The minimum atomic E-state index is 0.0801. The number of nitrogens with zero attached hydrogens (tertiary/aromatic N) is 1. The zero-order valence-corrected chi connectivity index (χ0v) is 12.9. The third-order valence-electron chi connectivity index (χ3n) is 4.82. The number of rotatable bonds is 4. The molecule has 2 atom stereocenters. The van der Waals surface area contributed by atoms with Gasteiger partial charge in [-0.2, -0.15) is 0 Å². The molecule has 0 amide bonds. The zero-order chi connectivity index (χ0) is 14.0. The zero-order valence-electron chi connectivity index (χ0n) is 12.9. The fourth-order valence-corrected chi connectivity index (χ4v) is 3.42. The van der Waals surface area contributed by atoms with Gasteiger partial charge in [0.25, 0.3) is 0 Å². The maximum absolute atomic E-state index is 6.66. The lowest BCUT2D eigenvalue weighted by molar-refractivity contribution is 0.1000. The Kier molecular flexibility index (Phi) is 4.32. The summed E-state index contributed by atoms with van der Waals surface area (Å²) in [7, 11) is 0. The summed E-state index contributed by atoms with van der Waals surface area (Å²) in [6, 6.07) is 6.81. The van der Waals surface area contributed by atoms with E-state index in [0.29, 0.717) is 0 Å². The van der Waals surface area contributed by atoms with Crippen molar-refractivity contribution in [1.82, 2.24) is 4.90 Å². The highest BCUT2D eigenvalue weighted by molar-refractivity contribution is 5.32. The molecule has 1 fully saturated rings. The number of benzene rings is 1. The summed E-state index contributed by atoms with van der Waals surface area (Å²) in [6.07, 6.45) is 3.73. The first kappa shape index (κ1) is 14.5. The lowest BCUT2D eigenvalue weighted by Gasteiger charge is -2.43. The van der Waals surface area contributed by atoms with Gasteiger partial charge in [-0.1, -0.05) is 36.2 Å². The number of aryl methyl sites for hydroxylation is 2. The van der Waals surface area contributed by atoms with E-state index < -0.39 is 0 Å². The highest BCUT2D eigenvalue weighted by atomic mass is 15.2. The van der Waals surface area contributed by atoms with Crippen molar-refractivity contribution in [2.24, 2.45) is 5.73 Å². The summed E-state index contributed by atoms with van der Waals surface area (Å²) in [5.41, 5.74) is 10.6. The molecule has 2 unspecified atom stereocenters. The Morgan fingerprint density at radius 2 is 1.68 bits per heavy atom. The molecule has 0 aromatic heterocycles. The van der Waals surface area contributed by atoms with Crippen LogP contribution >= 0.6 is 0 Å². The quantitative estimate of drug-likeness (QED) is 0.896. The smallest absolute Gasteiger partial charge is 0.0479 e. The summed E-state index contributed by atoms with van der Waals surface area (Å²) in [5, 5.41) is 0. The van der Waals surface area contributed by atoms with Crippen LogP contribution < -0.4 is 5.73 Å². The Hall–Kier alpha value is -0.860. The van der Waals surface area contributed by atoms with Gasteiger partial charge in [-0.15, -0.1) is 0 Å². The third-order valence-corrected chi connectivity index (χ3v) is 4.82. The molecule has 2 heteroatoms. The van der Waals surface area contributed by atoms with E-state index in [9.17, 15) is 0 Å². The molecule has 0 aliphatic carbocycles. The van der Waals surface area contributed by atoms with Gasteiger partial charge in [0.05, 0.1) is 0 Å². The second kappa shape index (κ2) is 5.64. The molecule has 19 heavy (non-hydrogen) atoms. The fraction of sp³-hybridized carbons (Fsp3) is 0.647. The van der Waals surface area contributed by atoms with Crippen molar-refractivity contribution in [3.8, 4) is 0 Å². The summed E-state index contributed by atoms with van der Waals surface area (Å²) in [5.74, 6) is 0. The Balaban J connectivity index is 2.31. The summed E-state index contributed by atoms with van der Waals surface area (Å²) < 4.78 is 0. The molecule has 1 aliphatic rings. The van der Waals surface area contributed by atoms with Gasteiger partial charge < -0.3 is 5.73 Å². The number of likely N-dealkylation sites (tertiary alicyclic amines) is 1. The van der Waals surface area contributed by atoms with Crippen LogP contribution in [-0.2, 0) is 0 Å². The van der Waals surface area contributed by atoms with Crippen LogP contribution in [0.3, 0.4) is 0 Å². The first-order valence-corrected chi connectivity index (χ1v) is 7.56. The third kappa shape index (κ3) is 2.85. The van der Waals surface area contributed by atoms with Crippen LogP contribution in [-0.4, -0.2) is 23.5 Å². The van der Waals surface area contributed by atoms with Crippen molar-refractivity contribution in [2.75, 3.05) is 13.1 Å². The van der Waals surface area contributed by atoms with Crippen LogP contribution in [0.25, 0.3) is 0 Å². The van der Waals surface area contributed by atoms with Gasteiger partial charge in [-0.3, -0.25) is 4.90 Å². The van der Waals surface area contributed by atoms with Crippen molar-refractivity contribution in [1.29, 1.82) is 0 Å². The van der Waals surface area contributed by atoms with Crippen molar-refractivity contribution in [2.45, 2.75) is 58.5 Å². The minimum Gasteiger partial charge on any atom is -0.322 e. The van der Waals surface area contributed by atoms with Gasteiger partial charge in [0.15, 0.2) is 0 Å². The Morgan fingerprint density at radius 3 is 2.16 bits per heavy atom. The SMILES string of the molecule is CCC(C)(C(N)c1cc(C)cc(C)c1)N1CCCC1. The van der Waals surface area contributed by atoms with E-state index in [1.807, 2.05) is 0 Å². The maximum atomic E-state index is 6.66. The van der Waals surface area contributed by atoms with Crippen LogP contribution in [0.5, 0.6) is 0 Å². The van der Waals surface area contributed by atoms with E-state index in [0.717, 1.165) is 6.42 Å². The molecule has 0 spiro atoms. The standard InChI is InChI=1S/C17H28N2/c1-5-17(4,19-8-6-7-9-19)16(18)15-11-13(2)10-14(3)12-15/h10-12,16H,5-9,18H2,1-4H3. The van der Waals surface area contributed by atoms with Crippen molar-refractivity contribution in [3.63, 3.8) is 0 Å². The maximum Gasteiger partial charge on any atom is 0.0479 e. The van der Waals surface area contributed by atoms with Crippen LogP contribution in [0.2, 0.25) is 0 Å². The Labute approximate surface area is 118 Å². The molecule has 1 aromatic carbocycles. The molecule has 1 heterocycles. The van der Waals surface area contributed by atoms with Gasteiger partial charge in [0.2, 0.25) is 0 Å². The molecule has 1 aliphatic heterocycles. The van der Waals surface area contributed by atoms with Crippen LogP contribution in [0.15, 0.2) is 18.2 Å². The summed E-state index contributed by atoms with van der Waals surface area (Å²) in [4.78, 5) is 2.59. The largest absolute Gasteiger partial charge is 0.322 e. The molecule has 2 rings (SSSR count). The van der Waals surface area contributed by atoms with Crippen molar-refractivity contribution in [3.05, 3.63) is 34.9 Å². The first-order valence-electron chi connectivity index (χ1n) is 7.56. The predicted octanol–water partition coefficient (Wildman–Crippen LogP) is 3.57. The molecule has 2 N–H and O–H groups in total. The van der Waals surface area contributed by atoms with Crippen molar-refractivity contribution < 1.29 is 0 Å². The molecule has 0 saturated carbocycles. The average Bonchev–Trinajstić information content (AvgIpc) is 2.90. The van der Waals surface area contributed by atoms with E-state index in [2.05, 4.69) is 50.8 Å². The second-order valence-corrected chi connectivity index (χ2v) is 6.30. The molecular weight excluding hydrogens is 232 g/mol. The topological polar surface area (TPSA) is 29.3 Å². The average molecular weight is 260 g/mol. The minimum absolute atomic E-state index is 0.0801. The van der Waals surface area contributed by atoms with Crippen molar-refractivity contribution >= 4 is 0 Å². The number of hydrogen-bond acceptors (Lipinski definition) is 2. The van der Waals surface area contributed by atoms with E-state index in [1.54, 1.807) is 0 Å². The van der Waals surface area contributed by atoms with Gasteiger partial charge in [0.1, 0.15) is 0 Å². The first-order chi connectivity index (χ1) is 8.97. The van der Waals surface area contributed by atoms with E-state index in [-0.39, 0.29) is 11.6 Å². The molecule has 0 radical (unpaired) electrons. The van der Waals surface area contributed by atoms with Gasteiger partial charge >= 0.3 is 0 Å². The molecule has 1 saturated heterocycles. The monoisotopic (exact) mass is 260 g/mol. The molecule has 1 aromatic rings. The molecule has 0 bridgehead atoms. The Morgan fingerprint density at radius 1 is 1.16 bits per heavy atom. The number of nitrogens with two attached hydrogens (primary N) is 1. The van der Waals surface area contributed by atoms with Crippen LogP contribution in [0.4, 0.5) is 0 Å². The lowest BCUT2D eigenvalue weighted by Crippen LogP contribution is -2.51. The summed E-state index contributed by atoms with van der Waals surface area (Å²) >= 11 is 0. The van der Waals surface area contributed by atoms with Gasteiger partial charge in [0, 0.05) is 11.6 Å². The van der Waals surface area contributed by atoms with Gasteiger partial charge in [-0.25, -0.2) is 0 Å². The molecule has 106 valence electrons. The highest BCUT2D eigenvalue weighted by Gasteiger charge is 2.38. The summed E-state index contributed by atoms with van der Waals surface area (Å²) in [6.45, 7) is 11.3. The fourth-order valence-electron chi connectivity index (χ4n) is 3.42. The number of hydrogen-bond donors (Lipinski definition) is 1. The van der Waals surface area contributed by atoms with E-state index in [1.165, 1.54) is 42.6 Å². The van der Waals surface area contributed by atoms with Crippen LogP contribution in [0, 0.1) is 13.8 Å².